The molecular weight excluding hydrogens is 1090 g/mol. The summed E-state index contributed by atoms with van der Waals surface area (Å²) < 4.78 is 14.0. The van der Waals surface area contributed by atoms with Gasteiger partial charge in [0.15, 0.2) is 0 Å². The molecule has 7 nitrogen and oxygen atoms in total. The van der Waals surface area contributed by atoms with E-state index in [9.17, 15) is 10.5 Å². The lowest BCUT2D eigenvalue weighted by Crippen LogP contribution is -2.17. The summed E-state index contributed by atoms with van der Waals surface area (Å²) in [5, 5.41) is 38.6. The highest BCUT2D eigenvalue weighted by Gasteiger charge is 2.35. The zero-order valence-electron chi connectivity index (χ0n) is 47.0. The van der Waals surface area contributed by atoms with Gasteiger partial charge >= 0.3 is 0 Å². The smallest absolute Gasteiger partial charge is 0.104 e. The largest absolute Gasteiger partial charge is 0.309 e. The van der Waals surface area contributed by atoms with Gasteiger partial charge < -0.3 is 22.8 Å². The minimum Gasteiger partial charge on any atom is -0.309 e. The Morgan fingerprint density at radius 2 is 0.682 bits per heavy atom. The normalized spacial score (nSPS) is 12.1. The molecule has 0 spiro atoms. The van der Waals surface area contributed by atoms with Gasteiger partial charge in [-0.05, 0) is 90.0 Å². The van der Waals surface area contributed by atoms with Crippen molar-refractivity contribution in [3.8, 4) is 51.7 Å². The molecule has 13 aromatic carbocycles. The molecule has 6 aromatic heterocycles. The van der Waals surface area contributed by atoms with Crippen molar-refractivity contribution in [2.75, 3.05) is 0 Å². The third kappa shape index (κ3) is 6.42. The molecule has 88 heavy (non-hydrogen) atoms. The summed E-state index contributed by atoms with van der Waals surface area (Å²) in [6, 6.07) is 103. The second-order valence-corrected chi connectivity index (χ2v) is 23.9. The number of rotatable bonds is 6. The molecule has 0 unspecified atom stereocenters. The van der Waals surface area contributed by atoms with E-state index < -0.39 is 0 Å². The molecular formula is C80H45N7S. The molecule has 0 N–H and O–H groups in total. The van der Waals surface area contributed by atoms with Crippen LogP contribution in [0.2, 0.25) is 0 Å². The maximum atomic E-state index is 12.8. The van der Waals surface area contributed by atoms with Gasteiger partial charge in [0.1, 0.15) is 23.3 Å². The SMILES string of the molecule is N#Cc1c(-n2c3ccccc3c3ccccc32)c(C#N)c(-n2c3ccccc3c3ccccc32)c(-n2c3ccc(-c4cccc5c4c4ccccc4n5-c4ccccc4)cc3c3ccc4c5ccccc5sc4c32)c1-n1c2ccccc2c2ccccc21. The number of nitriles is 2. The molecule has 0 fully saturated rings. The molecule has 0 saturated carbocycles. The van der Waals surface area contributed by atoms with E-state index in [0.29, 0.717) is 33.9 Å². The Labute approximate surface area is 506 Å². The van der Waals surface area contributed by atoms with Gasteiger partial charge in [-0.2, -0.15) is 10.5 Å². The number of thiophene rings is 1. The van der Waals surface area contributed by atoms with Crippen molar-refractivity contribution in [2.45, 2.75) is 0 Å². The van der Waals surface area contributed by atoms with E-state index in [1.54, 1.807) is 11.3 Å². The average molecular weight is 1140 g/mol. The van der Waals surface area contributed by atoms with Crippen LogP contribution in [0.25, 0.3) is 169 Å². The summed E-state index contributed by atoms with van der Waals surface area (Å²) in [7, 11) is 0. The van der Waals surface area contributed by atoms with Crippen LogP contribution in [-0.4, -0.2) is 22.8 Å². The third-order valence-corrected chi connectivity index (χ3v) is 19.7. The topological polar surface area (TPSA) is 72.2 Å². The van der Waals surface area contributed by atoms with Crippen LogP contribution in [0.5, 0.6) is 0 Å². The second-order valence-electron chi connectivity index (χ2n) is 22.9. The first kappa shape index (κ1) is 48.4. The highest BCUT2D eigenvalue weighted by Crippen LogP contribution is 2.52. The Hall–Kier alpha value is -11.9. The maximum absolute atomic E-state index is 12.8. The fraction of sp³-hybridized carbons (Fsp3) is 0. The predicted octanol–water partition coefficient (Wildman–Crippen LogP) is 21.0. The predicted molar refractivity (Wildman–Crippen MR) is 366 cm³/mol. The molecule has 406 valence electrons. The first-order chi connectivity index (χ1) is 43.7. The molecule has 19 aromatic rings. The van der Waals surface area contributed by atoms with Crippen molar-refractivity contribution in [3.63, 3.8) is 0 Å². The first-order valence-corrected chi connectivity index (χ1v) is 30.4. The maximum Gasteiger partial charge on any atom is 0.104 e. The summed E-state index contributed by atoms with van der Waals surface area (Å²) >= 11 is 1.79. The zero-order chi connectivity index (χ0) is 57.9. The van der Waals surface area contributed by atoms with Gasteiger partial charge in [0.25, 0.3) is 0 Å². The zero-order valence-corrected chi connectivity index (χ0v) is 47.8. The average Bonchev–Trinajstić information content (AvgIpc) is 1.47. The highest BCUT2D eigenvalue weighted by molar-refractivity contribution is 7.26. The Kier molecular flexibility index (Phi) is 10.1. The van der Waals surface area contributed by atoms with Crippen LogP contribution in [0.15, 0.2) is 273 Å². The molecule has 6 heterocycles. The van der Waals surface area contributed by atoms with Crippen LogP contribution in [0.1, 0.15) is 11.1 Å². The van der Waals surface area contributed by atoms with Crippen molar-refractivity contribution in [3.05, 3.63) is 284 Å². The van der Waals surface area contributed by atoms with Gasteiger partial charge in [-0.25, -0.2) is 0 Å². The lowest BCUT2D eigenvalue weighted by atomic mass is 9.97. The summed E-state index contributed by atoms with van der Waals surface area (Å²) in [6.07, 6.45) is 0. The number of aromatic nitrogens is 5. The van der Waals surface area contributed by atoms with Crippen molar-refractivity contribution < 1.29 is 0 Å². The van der Waals surface area contributed by atoms with E-state index in [4.69, 9.17) is 0 Å². The molecule has 0 aliphatic carbocycles. The third-order valence-electron chi connectivity index (χ3n) is 18.5. The standard InChI is InChI=1S/C80H45N7S/c81-46-62-75(84-64-32-12-4-23-51(64)52-24-5-13-33-65(52)84)63(47-82)77(86-68-36-16-8-27-55(68)56-28-9-17-37-69(56)86)79(76(62)85-66-34-14-6-25-53(66)54-26-7-15-35-67(54)85)87-71-44-41-48(45-61(71)58-42-43-59-57-29-11-19-40-73(57)88-80(59)78(58)87)50-31-20-39-72-74(50)60-30-10-18-38-70(60)83(72)49-21-2-1-3-22-49/h1-45H. The van der Waals surface area contributed by atoms with E-state index in [0.717, 1.165) is 125 Å². The van der Waals surface area contributed by atoms with E-state index in [1.165, 1.54) is 20.9 Å². The molecule has 0 atom stereocenters. The Morgan fingerprint density at radius 3 is 1.19 bits per heavy atom. The summed E-state index contributed by atoms with van der Waals surface area (Å²) in [5.74, 6) is 0. The Bertz CT molecular complexity index is 6030. The summed E-state index contributed by atoms with van der Waals surface area (Å²) in [5.41, 5.74) is 16.3. The minimum atomic E-state index is 0.366. The van der Waals surface area contributed by atoms with Crippen molar-refractivity contribution in [1.29, 1.82) is 10.5 Å². The van der Waals surface area contributed by atoms with E-state index in [1.807, 2.05) is 0 Å². The second kappa shape index (κ2) is 18.3. The lowest BCUT2D eigenvalue weighted by molar-refractivity contribution is 1.02. The van der Waals surface area contributed by atoms with Crippen LogP contribution >= 0.6 is 11.3 Å². The van der Waals surface area contributed by atoms with E-state index >= 15 is 0 Å². The molecule has 8 heteroatoms. The Morgan fingerprint density at radius 1 is 0.273 bits per heavy atom. The number of fused-ring (bicyclic) bond motifs is 19. The van der Waals surface area contributed by atoms with Gasteiger partial charge in [-0.3, -0.25) is 0 Å². The van der Waals surface area contributed by atoms with Crippen LogP contribution in [0.4, 0.5) is 0 Å². The lowest BCUT2D eigenvalue weighted by Gasteiger charge is -2.27. The fourth-order valence-corrected chi connectivity index (χ4v) is 16.3. The number of para-hydroxylation sites is 8. The van der Waals surface area contributed by atoms with Crippen molar-refractivity contribution in [1.82, 2.24) is 22.8 Å². The number of hydrogen-bond acceptors (Lipinski definition) is 3. The van der Waals surface area contributed by atoms with Crippen molar-refractivity contribution >= 4 is 141 Å². The molecule has 0 aliphatic rings. The molecule has 0 bridgehead atoms. The van der Waals surface area contributed by atoms with Gasteiger partial charge in [0.05, 0.1) is 82.6 Å². The summed E-state index contributed by atoms with van der Waals surface area (Å²) in [4.78, 5) is 0. The molecule has 0 aliphatic heterocycles. The fourth-order valence-electron chi connectivity index (χ4n) is 15.1. The van der Waals surface area contributed by atoms with Crippen molar-refractivity contribution in [2.24, 2.45) is 0 Å². The highest BCUT2D eigenvalue weighted by atomic mass is 32.1. The van der Waals surface area contributed by atoms with Crippen LogP contribution in [0.3, 0.4) is 0 Å². The van der Waals surface area contributed by atoms with Crippen LogP contribution < -0.4 is 0 Å². The molecule has 19 rings (SSSR count). The molecule has 0 saturated heterocycles. The summed E-state index contributed by atoms with van der Waals surface area (Å²) in [6.45, 7) is 0. The number of benzene rings is 13. The molecule has 0 radical (unpaired) electrons. The van der Waals surface area contributed by atoms with Crippen LogP contribution in [0, 0.1) is 22.7 Å². The Balaban J connectivity index is 1.07. The van der Waals surface area contributed by atoms with Crippen LogP contribution in [-0.2, 0) is 0 Å². The van der Waals surface area contributed by atoms with Gasteiger partial charge in [-0.15, -0.1) is 11.3 Å². The number of hydrogen-bond donors (Lipinski definition) is 0. The van der Waals surface area contributed by atoms with E-state index in [-0.39, 0.29) is 0 Å². The monoisotopic (exact) mass is 1140 g/mol. The molecule has 0 amide bonds. The number of nitrogens with zero attached hydrogens (tertiary/aromatic N) is 7. The van der Waals surface area contributed by atoms with E-state index in [2.05, 4.69) is 308 Å². The van der Waals surface area contributed by atoms with Gasteiger partial charge in [-0.1, -0.05) is 194 Å². The van der Waals surface area contributed by atoms with Gasteiger partial charge in [0, 0.05) is 75.0 Å². The van der Waals surface area contributed by atoms with Gasteiger partial charge in [0.2, 0.25) is 0 Å². The minimum absolute atomic E-state index is 0.366. The first-order valence-electron chi connectivity index (χ1n) is 29.6. The quantitative estimate of drug-likeness (QED) is 0.166.